The van der Waals surface area contributed by atoms with E-state index in [4.69, 9.17) is 16.3 Å². The summed E-state index contributed by atoms with van der Waals surface area (Å²) in [4.78, 5) is 27.2. The van der Waals surface area contributed by atoms with Gasteiger partial charge in [-0.3, -0.25) is 4.79 Å². The summed E-state index contributed by atoms with van der Waals surface area (Å²) in [5.74, 6) is 0.328. The molecule has 2 aliphatic rings. The first-order valence-electron chi connectivity index (χ1n) is 11.7. The van der Waals surface area contributed by atoms with Crippen LogP contribution in [0.2, 0.25) is 5.02 Å². The minimum atomic E-state index is -0.161. The number of nitrogens with one attached hydrogen (secondary N) is 1. The second kappa shape index (κ2) is 10.9. The number of benzene rings is 2. The molecular weight excluding hydrogens is 424 g/mol. The van der Waals surface area contributed by atoms with E-state index in [1.165, 1.54) is 0 Å². The fourth-order valence-corrected chi connectivity index (χ4v) is 4.84. The Hall–Kier alpha value is -2.53. The van der Waals surface area contributed by atoms with Crippen LogP contribution in [0.3, 0.4) is 0 Å². The fourth-order valence-electron chi connectivity index (χ4n) is 4.71. The first kappa shape index (κ1) is 22.7. The van der Waals surface area contributed by atoms with Gasteiger partial charge in [0, 0.05) is 23.7 Å². The van der Waals surface area contributed by atoms with E-state index >= 15 is 0 Å². The summed E-state index contributed by atoms with van der Waals surface area (Å²) >= 11 is 5.96. The van der Waals surface area contributed by atoms with Crippen molar-refractivity contribution in [1.29, 1.82) is 0 Å². The number of amides is 2. The lowest BCUT2D eigenvalue weighted by atomic mass is 9.87. The van der Waals surface area contributed by atoms with E-state index in [1.54, 1.807) is 24.3 Å². The maximum Gasteiger partial charge on any atom is 0.410 e. The third-order valence-corrected chi connectivity index (χ3v) is 6.88. The van der Waals surface area contributed by atoms with Crippen LogP contribution in [0.1, 0.15) is 66.9 Å². The molecule has 1 saturated carbocycles. The van der Waals surface area contributed by atoms with Crippen LogP contribution in [-0.2, 0) is 4.74 Å². The van der Waals surface area contributed by atoms with Gasteiger partial charge in [-0.15, -0.1) is 0 Å². The normalized spacial score (nSPS) is 18.3. The smallest absolute Gasteiger partial charge is 0.410 e. The molecule has 0 radical (unpaired) electrons. The molecule has 1 aliphatic carbocycles. The van der Waals surface area contributed by atoms with Crippen LogP contribution in [0.25, 0.3) is 0 Å². The Labute approximate surface area is 195 Å². The Balaban J connectivity index is 1.35. The summed E-state index contributed by atoms with van der Waals surface area (Å²) in [5, 5.41) is 3.82. The van der Waals surface area contributed by atoms with Gasteiger partial charge in [0.1, 0.15) is 6.10 Å². The topological polar surface area (TPSA) is 58.6 Å². The van der Waals surface area contributed by atoms with Crippen molar-refractivity contribution < 1.29 is 14.3 Å². The van der Waals surface area contributed by atoms with Crippen molar-refractivity contribution >= 4 is 23.6 Å². The number of hydrogen-bond acceptors (Lipinski definition) is 3. The van der Waals surface area contributed by atoms with Gasteiger partial charge in [0.2, 0.25) is 0 Å². The lowest BCUT2D eigenvalue weighted by Crippen LogP contribution is -2.41. The number of piperidine rings is 1. The van der Waals surface area contributed by atoms with Crippen molar-refractivity contribution in [3.63, 3.8) is 0 Å². The summed E-state index contributed by atoms with van der Waals surface area (Å²) in [6, 6.07) is 17.0. The van der Waals surface area contributed by atoms with E-state index in [9.17, 15) is 9.59 Å². The van der Waals surface area contributed by atoms with Crippen molar-refractivity contribution in [2.45, 2.75) is 57.1 Å². The first-order chi connectivity index (χ1) is 15.6. The molecule has 2 aromatic rings. The third-order valence-electron chi connectivity index (χ3n) is 6.63. The highest BCUT2D eigenvalue weighted by Gasteiger charge is 2.29. The largest absolute Gasteiger partial charge is 0.446 e. The zero-order valence-electron chi connectivity index (χ0n) is 18.3. The van der Waals surface area contributed by atoms with Gasteiger partial charge in [0.25, 0.3) is 5.91 Å². The second-order valence-electron chi connectivity index (χ2n) is 8.90. The molecule has 32 heavy (non-hydrogen) atoms. The number of hydrogen-bond donors (Lipinski definition) is 1. The van der Waals surface area contributed by atoms with Crippen LogP contribution in [0, 0.1) is 5.92 Å². The van der Waals surface area contributed by atoms with E-state index in [2.05, 4.69) is 17.4 Å². The van der Waals surface area contributed by atoms with Gasteiger partial charge in [-0.05, 0) is 80.7 Å². The molecule has 2 fully saturated rings. The number of carbonyl (C=O) groups excluding carboxylic acids is 2. The van der Waals surface area contributed by atoms with Crippen LogP contribution in [0.4, 0.5) is 4.79 Å². The van der Waals surface area contributed by atoms with Crippen LogP contribution in [0.15, 0.2) is 54.6 Å². The third kappa shape index (κ3) is 6.04. The van der Waals surface area contributed by atoms with Gasteiger partial charge in [0.15, 0.2) is 0 Å². The minimum Gasteiger partial charge on any atom is -0.446 e. The monoisotopic (exact) mass is 454 g/mol. The maximum absolute atomic E-state index is 12.9. The number of nitrogens with zero attached hydrogens (tertiary/aromatic N) is 1. The average molecular weight is 455 g/mol. The number of rotatable bonds is 6. The summed E-state index contributed by atoms with van der Waals surface area (Å²) in [6.45, 7) is 1.42. The van der Waals surface area contributed by atoms with E-state index < -0.39 is 0 Å². The van der Waals surface area contributed by atoms with Crippen LogP contribution in [0.5, 0.6) is 0 Å². The highest BCUT2D eigenvalue weighted by Crippen LogP contribution is 2.30. The molecule has 2 aromatic carbocycles. The Morgan fingerprint density at radius 3 is 2.28 bits per heavy atom. The number of ether oxygens (including phenoxy) is 1. The molecule has 2 amide bonds. The molecule has 6 heteroatoms. The number of likely N-dealkylation sites (tertiary alicyclic amines) is 1. The molecule has 1 N–H and O–H groups in total. The van der Waals surface area contributed by atoms with Gasteiger partial charge >= 0.3 is 6.09 Å². The molecule has 1 atom stereocenters. The zero-order chi connectivity index (χ0) is 22.3. The second-order valence-corrected chi connectivity index (χ2v) is 9.34. The van der Waals surface area contributed by atoms with E-state index in [0.29, 0.717) is 29.6 Å². The van der Waals surface area contributed by atoms with Crippen LogP contribution >= 0.6 is 11.6 Å². The number of carbonyl (C=O) groups is 2. The quantitative estimate of drug-likeness (QED) is 0.583. The van der Waals surface area contributed by atoms with Gasteiger partial charge < -0.3 is 15.0 Å². The molecule has 4 rings (SSSR count). The Kier molecular flexibility index (Phi) is 7.69. The van der Waals surface area contributed by atoms with E-state index in [-0.39, 0.29) is 24.1 Å². The predicted molar refractivity (Wildman–Crippen MR) is 126 cm³/mol. The molecule has 1 heterocycles. The lowest BCUT2D eigenvalue weighted by Gasteiger charge is -2.34. The van der Waals surface area contributed by atoms with Gasteiger partial charge in [-0.25, -0.2) is 4.79 Å². The van der Waals surface area contributed by atoms with Crippen molar-refractivity contribution in [3.05, 3.63) is 70.7 Å². The van der Waals surface area contributed by atoms with E-state index in [1.807, 2.05) is 23.1 Å². The van der Waals surface area contributed by atoms with Crippen molar-refractivity contribution in [3.8, 4) is 0 Å². The Bertz CT molecular complexity index is 889. The van der Waals surface area contributed by atoms with Gasteiger partial charge in [-0.1, -0.05) is 41.9 Å². The molecule has 0 spiro atoms. The average Bonchev–Trinajstić information content (AvgIpc) is 3.33. The van der Waals surface area contributed by atoms with Crippen LogP contribution in [-0.4, -0.2) is 36.1 Å². The minimum absolute atomic E-state index is 0.0821. The highest BCUT2D eigenvalue weighted by molar-refractivity contribution is 6.30. The zero-order valence-corrected chi connectivity index (χ0v) is 19.1. The molecule has 1 saturated heterocycles. The van der Waals surface area contributed by atoms with Crippen LogP contribution < -0.4 is 5.32 Å². The molecule has 170 valence electrons. The number of halogens is 1. The summed E-state index contributed by atoms with van der Waals surface area (Å²) in [5.41, 5.74) is 1.69. The molecule has 5 nitrogen and oxygen atoms in total. The molecular formula is C26H31ClN2O3. The summed E-state index contributed by atoms with van der Waals surface area (Å²) in [7, 11) is 0. The standard InChI is InChI=1S/C26H31ClN2O3/c27-22-12-10-21(11-13-22)25(30)28-24(20-6-2-1-3-7-20)18-19-14-16-29(17-15-19)26(31)32-23-8-4-5-9-23/h1-3,6-7,10-13,19,23-24H,4-5,8-9,14-18H2,(H,28,30). The summed E-state index contributed by atoms with van der Waals surface area (Å²) in [6.07, 6.45) is 6.92. The Morgan fingerprint density at radius 2 is 1.62 bits per heavy atom. The van der Waals surface area contributed by atoms with Crippen molar-refractivity contribution in [2.24, 2.45) is 5.92 Å². The Morgan fingerprint density at radius 1 is 0.969 bits per heavy atom. The summed E-state index contributed by atoms with van der Waals surface area (Å²) < 4.78 is 5.67. The highest BCUT2D eigenvalue weighted by atomic mass is 35.5. The first-order valence-corrected chi connectivity index (χ1v) is 12.0. The SMILES string of the molecule is O=C(NC(CC1CCN(C(=O)OC2CCCC2)CC1)c1ccccc1)c1ccc(Cl)cc1. The fraction of sp³-hybridized carbons (Fsp3) is 0.462. The predicted octanol–water partition coefficient (Wildman–Crippen LogP) is 5.99. The van der Waals surface area contributed by atoms with Crippen molar-refractivity contribution in [2.75, 3.05) is 13.1 Å². The lowest BCUT2D eigenvalue weighted by molar-refractivity contribution is 0.0541. The molecule has 0 aromatic heterocycles. The maximum atomic E-state index is 12.9. The van der Waals surface area contributed by atoms with Gasteiger partial charge in [0.05, 0.1) is 6.04 Å². The molecule has 1 unspecified atom stereocenters. The van der Waals surface area contributed by atoms with Gasteiger partial charge in [-0.2, -0.15) is 0 Å². The van der Waals surface area contributed by atoms with E-state index in [0.717, 1.165) is 50.5 Å². The van der Waals surface area contributed by atoms with Crippen molar-refractivity contribution in [1.82, 2.24) is 10.2 Å². The molecule has 1 aliphatic heterocycles. The molecule has 0 bridgehead atoms.